The Morgan fingerprint density at radius 3 is 2.70 bits per heavy atom. The predicted octanol–water partition coefficient (Wildman–Crippen LogP) is 4.38. The molecule has 0 spiro atoms. The van der Waals surface area contributed by atoms with E-state index < -0.39 is 0 Å². The van der Waals surface area contributed by atoms with Gasteiger partial charge in [0.1, 0.15) is 23.9 Å². The van der Waals surface area contributed by atoms with Gasteiger partial charge in [0, 0.05) is 35.9 Å². The molecule has 0 aliphatic carbocycles. The third-order valence-electron chi connectivity index (χ3n) is 4.51. The number of methoxy groups -OCH3 is 1. The number of aryl methyl sites for hydroxylation is 1. The van der Waals surface area contributed by atoms with Gasteiger partial charge in [-0.15, -0.1) is 11.3 Å². The number of rotatable bonds is 7. The van der Waals surface area contributed by atoms with Crippen LogP contribution in [0.1, 0.15) is 16.2 Å². The summed E-state index contributed by atoms with van der Waals surface area (Å²) in [6.45, 7) is 0.361. The molecule has 8 heteroatoms. The molecule has 0 saturated carbocycles. The normalized spacial score (nSPS) is 10.6. The lowest BCUT2D eigenvalue weighted by atomic mass is 10.1. The molecule has 0 saturated heterocycles. The van der Waals surface area contributed by atoms with Crippen molar-refractivity contribution in [2.75, 3.05) is 12.4 Å². The summed E-state index contributed by atoms with van der Waals surface area (Å²) in [6.07, 6.45) is 3.59. The SMILES string of the molecule is COc1ccccc1-c1csc(NC(=O)c2ccc(OCc3nccn3C)cc2)n1. The van der Waals surface area contributed by atoms with E-state index in [1.807, 2.05) is 47.5 Å². The lowest BCUT2D eigenvalue weighted by Crippen LogP contribution is -2.11. The highest BCUT2D eigenvalue weighted by atomic mass is 32.1. The molecule has 1 amide bonds. The fraction of sp³-hybridized carbons (Fsp3) is 0.136. The van der Waals surface area contributed by atoms with Gasteiger partial charge in [-0.3, -0.25) is 10.1 Å². The van der Waals surface area contributed by atoms with E-state index in [2.05, 4.69) is 15.3 Å². The van der Waals surface area contributed by atoms with Gasteiger partial charge in [0.2, 0.25) is 0 Å². The Kier molecular flexibility index (Phi) is 5.76. The number of hydrogen-bond donors (Lipinski definition) is 1. The van der Waals surface area contributed by atoms with Gasteiger partial charge < -0.3 is 14.0 Å². The van der Waals surface area contributed by atoms with Crippen LogP contribution in [0.5, 0.6) is 11.5 Å². The molecule has 152 valence electrons. The highest BCUT2D eigenvalue weighted by molar-refractivity contribution is 7.14. The average Bonchev–Trinajstić information content (AvgIpc) is 3.41. The van der Waals surface area contributed by atoms with Crippen LogP contribution in [-0.4, -0.2) is 27.6 Å². The molecule has 4 aromatic rings. The zero-order chi connectivity index (χ0) is 20.9. The Hall–Kier alpha value is -3.65. The number of ether oxygens (including phenoxy) is 2. The molecule has 7 nitrogen and oxygen atoms in total. The van der Waals surface area contributed by atoms with Crippen molar-refractivity contribution in [3.05, 3.63) is 77.7 Å². The Morgan fingerprint density at radius 1 is 1.17 bits per heavy atom. The molecule has 2 heterocycles. The molecule has 0 radical (unpaired) electrons. The van der Waals surface area contributed by atoms with Crippen LogP contribution in [0.25, 0.3) is 11.3 Å². The van der Waals surface area contributed by atoms with E-state index in [0.717, 1.165) is 22.8 Å². The maximum Gasteiger partial charge on any atom is 0.257 e. The topological polar surface area (TPSA) is 78.3 Å². The number of thiazole rings is 1. The van der Waals surface area contributed by atoms with Gasteiger partial charge in [-0.25, -0.2) is 9.97 Å². The first-order valence-corrected chi connectivity index (χ1v) is 10.1. The first-order chi connectivity index (χ1) is 14.6. The second-order valence-corrected chi connectivity index (χ2v) is 7.32. The van der Waals surface area contributed by atoms with Crippen LogP contribution in [0.4, 0.5) is 5.13 Å². The molecule has 0 aliphatic rings. The van der Waals surface area contributed by atoms with E-state index in [1.165, 1.54) is 11.3 Å². The number of carbonyl (C=O) groups is 1. The summed E-state index contributed by atoms with van der Waals surface area (Å²) < 4.78 is 13.0. The Bertz CT molecular complexity index is 1150. The molecule has 0 unspecified atom stereocenters. The summed E-state index contributed by atoms with van der Waals surface area (Å²) >= 11 is 1.37. The van der Waals surface area contributed by atoms with Crippen molar-refractivity contribution in [3.63, 3.8) is 0 Å². The molecular formula is C22H20N4O3S. The number of nitrogens with zero attached hydrogens (tertiary/aromatic N) is 3. The molecule has 0 bridgehead atoms. The summed E-state index contributed by atoms with van der Waals surface area (Å²) in [5, 5.41) is 5.26. The number of para-hydroxylation sites is 1. The van der Waals surface area contributed by atoms with E-state index in [0.29, 0.717) is 23.1 Å². The second kappa shape index (κ2) is 8.79. The number of nitrogens with one attached hydrogen (secondary N) is 1. The number of aromatic nitrogens is 3. The Labute approximate surface area is 177 Å². The Balaban J connectivity index is 1.39. The molecule has 0 fully saturated rings. The van der Waals surface area contributed by atoms with Gasteiger partial charge in [0.15, 0.2) is 5.13 Å². The number of carbonyl (C=O) groups excluding carboxylic acids is 1. The van der Waals surface area contributed by atoms with E-state index >= 15 is 0 Å². The van der Waals surface area contributed by atoms with Gasteiger partial charge in [-0.2, -0.15) is 0 Å². The maximum atomic E-state index is 12.6. The monoisotopic (exact) mass is 420 g/mol. The van der Waals surface area contributed by atoms with Crippen LogP contribution < -0.4 is 14.8 Å². The maximum absolute atomic E-state index is 12.6. The van der Waals surface area contributed by atoms with Gasteiger partial charge in [0.05, 0.1) is 12.8 Å². The minimum Gasteiger partial charge on any atom is -0.496 e. The molecule has 1 N–H and O–H groups in total. The minimum atomic E-state index is -0.230. The third kappa shape index (κ3) is 4.33. The lowest BCUT2D eigenvalue weighted by molar-refractivity contribution is 0.102. The highest BCUT2D eigenvalue weighted by Gasteiger charge is 2.12. The highest BCUT2D eigenvalue weighted by Crippen LogP contribution is 2.32. The van der Waals surface area contributed by atoms with Gasteiger partial charge in [-0.1, -0.05) is 12.1 Å². The fourth-order valence-corrected chi connectivity index (χ4v) is 3.57. The van der Waals surface area contributed by atoms with Crippen LogP contribution in [0.15, 0.2) is 66.3 Å². The average molecular weight is 420 g/mol. The van der Waals surface area contributed by atoms with Crippen LogP contribution in [0.2, 0.25) is 0 Å². The van der Waals surface area contributed by atoms with Crippen molar-refractivity contribution < 1.29 is 14.3 Å². The molecule has 30 heavy (non-hydrogen) atoms. The summed E-state index contributed by atoms with van der Waals surface area (Å²) in [5.74, 6) is 2.00. The van der Waals surface area contributed by atoms with Crippen molar-refractivity contribution in [2.45, 2.75) is 6.61 Å². The summed E-state index contributed by atoms with van der Waals surface area (Å²) in [7, 11) is 3.54. The van der Waals surface area contributed by atoms with Crippen LogP contribution >= 0.6 is 11.3 Å². The summed E-state index contributed by atoms with van der Waals surface area (Å²) in [6, 6.07) is 14.6. The summed E-state index contributed by atoms with van der Waals surface area (Å²) in [5.41, 5.74) is 2.16. The van der Waals surface area contributed by atoms with Crippen LogP contribution in [0, 0.1) is 0 Å². The second-order valence-electron chi connectivity index (χ2n) is 6.46. The van der Waals surface area contributed by atoms with Gasteiger partial charge in [0.25, 0.3) is 5.91 Å². The zero-order valence-electron chi connectivity index (χ0n) is 16.5. The molecule has 4 rings (SSSR count). The van der Waals surface area contributed by atoms with Crippen molar-refractivity contribution in [3.8, 4) is 22.8 Å². The molecular weight excluding hydrogens is 400 g/mol. The Morgan fingerprint density at radius 2 is 1.97 bits per heavy atom. The first kappa shape index (κ1) is 19.7. The number of hydrogen-bond acceptors (Lipinski definition) is 6. The van der Waals surface area contributed by atoms with Crippen molar-refractivity contribution in [2.24, 2.45) is 7.05 Å². The zero-order valence-corrected chi connectivity index (χ0v) is 17.3. The van der Waals surface area contributed by atoms with E-state index in [-0.39, 0.29) is 5.91 Å². The number of anilines is 1. The fourth-order valence-electron chi connectivity index (χ4n) is 2.87. The number of imidazole rings is 1. The molecule has 2 aromatic heterocycles. The van der Waals surface area contributed by atoms with Crippen molar-refractivity contribution in [1.82, 2.24) is 14.5 Å². The van der Waals surface area contributed by atoms with Crippen LogP contribution in [0.3, 0.4) is 0 Å². The molecule has 0 atom stereocenters. The first-order valence-electron chi connectivity index (χ1n) is 9.23. The van der Waals surface area contributed by atoms with Gasteiger partial charge >= 0.3 is 0 Å². The summed E-state index contributed by atoms with van der Waals surface area (Å²) in [4.78, 5) is 21.3. The standard InChI is InChI=1S/C22H20N4O3S/c1-26-12-11-23-20(26)13-29-16-9-7-15(8-10-16)21(27)25-22-24-18(14-30-22)17-5-3-4-6-19(17)28-2/h3-12,14H,13H2,1-2H3,(H,24,25,27). The largest absolute Gasteiger partial charge is 0.496 e. The van der Waals surface area contributed by atoms with Crippen LogP contribution in [-0.2, 0) is 13.7 Å². The van der Waals surface area contributed by atoms with E-state index in [4.69, 9.17) is 9.47 Å². The number of amides is 1. The molecule has 0 aliphatic heterocycles. The lowest BCUT2D eigenvalue weighted by Gasteiger charge is -2.07. The number of benzene rings is 2. The molecule has 2 aromatic carbocycles. The van der Waals surface area contributed by atoms with Crippen molar-refractivity contribution >= 4 is 22.4 Å². The quantitative estimate of drug-likeness (QED) is 0.480. The predicted molar refractivity (Wildman–Crippen MR) is 116 cm³/mol. The smallest absolute Gasteiger partial charge is 0.257 e. The van der Waals surface area contributed by atoms with E-state index in [1.54, 1.807) is 37.6 Å². The van der Waals surface area contributed by atoms with E-state index in [9.17, 15) is 4.79 Å². The van der Waals surface area contributed by atoms with Gasteiger partial charge in [-0.05, 0) is 36.4 Å². The third-order valence-corrected chi connectivity index (χ3v) is 5.27. The van der Waals surface area contributed by atoms with Crippen molar-refractivity contribution in [1.29, 1.82) is 0 Å². The minimum absolute atomic E-state index is 0.230.